The number of nitrogens with one attached hydrogen (secondary N) is 2. The number of hydrogen-bond acceptors (Lipinski definition) is 4. The van der Waals surface area contributed by atoms with Gasteiger partial charge in [0.15, 0.2) is 0 Å². The Morgan fingerprint density at radius 2 is 1.64 bits per heavy atom. The zero-order valence-electron chi connectivity index (χ0n) is 18.1. The molecule has 1 aliphatic heterocycles. The highest BCUT2D eigenvalue weighted by Crippen LogP contribution is 2.34. The van der Waals surface area contributed by atoms with Crippen LogP contribution >= 0.6 is 11.8 Å². The second-order valence-corrected chi connectivity index (χ2v) is 8.65. The fourth-order valence-electron chi connectivity index (χ4n) is 3.68. The molecule has 0 saturated heterocycles. The first kappa shape index (κ1) is 22.6. The molecule has 0 aromatic heterocycles. The zero-order valence-corrected chi connectivity index (χ0v) is 18.9. The summed E-state index contributed by atoms with van der Waals surface area (Å²) >= 11 is 1.51. The first-order valence-electron chi connectivity index (χ1n) is 10.8. The normalized spacial score (nSPS) is 12.7. The van der Waals surface area contributed by atoms with Gasteiger partial charge in [0.1, 0.15) is 0 Å². The van der Waals surface area contributed by atoms with E-state index in [-0.39, 0.29) is 30.7 Å². The Labute approximate surface area is 197 Å². The van der Waals surface area contributed by atoms with E-state index >= 15 is 0 Å². The van der Waals surface area contributed by atoms with Gasteiger partial charge in [-0.05, 0) is 36.2 Å². The summed E-state index contributed by atoms with van der Waals surface area (Å²) in [5.41, 5.74) is 2.85. The molecule has 4 rings (SSSR count). The van der Waals surface area contributed by atoms with Crippen molar-refractivity contribution in [2.45, 2.75) is 17.7 Å². The molecule has 0 radical (unpaired) electrons. The highest BCUT2D eigenvalue weighted by molar-refractivity contribution is 8.00. The average Bonchev–Trinajstić information content (AvgIpc) is 2.84. The minimum absolute atomic E-state index is 0.00954. The number of hydrogen-bond donors (Lipinski definition) is 2. The Balaban J connectivity index is 1.34. The van der Waals surface area contributed by atoms with Gasteiger partial charge in [-0.3, -0.25) is 14.4 Å². The summed E-state index contributed by atoms with van der Waals surface area (Å²) < 4.78 is 0. The van der Waals surface area contributed by atoms with E-state index in [0.29, 0.717) is 23.5 Å². The van der Waals surface area contributed by atoms with Gasteiger partial charge in [0.2, 0.25) is 11.8 Å². The molecule has 0 saturated carbocycles. The van der Waals surface area contributed by atoms with E-state index in [4.69, 9.17) is 0 Å². The number of thioether (sulfide) groups is 1. The molecular formula is C26H25N3O3S. The van der Waals surface area contributed by atoms with Gasteiger partial charge >= 0.3 is 0 Å². The summed E-state index contributed by atoms with van der Waals surface area (Å²) in [7, 11) is 0. The van der Waals surface area contributed by atoms with Crippen LogP contribution in [0.25, 0.3) is 0 Å². The van der Waals surface area contributed by atoms with Crippen LogP contribution in [0, 0.1) is 0 Å². The van der Waals surface area contributed by atoms with Gasteiger partial charge in [-0.25, -0.2) is 0 Å². The molecule has 0 atom stereocenters. The maximum absolute atomic E-state index is 12.7. The molecule has 0 unspecified atom stereocenters. The standard InChI is InChI=1S/C26H25N3O3S/c30-24(15-17-29-22-12-6-7-13-23(22)33-18-25(29)31)28-21-11-5-4-10-20(21)26(32)27-16-14-19-8-2-1-3-9-19/h1-13H,14-18H2,(H,27,32)(H,28,30). The number of carbonyl (C=O) groups is 3. The number of carbonyl (C=O) groups excluding carboxylic acids is 3. The lowest BCUT2D eigenvalue weighted by atomic mass is 10.1. The third kappa shape index (κ3) is 5.81. The fraction of sp³-hybridized carbons (Fsp3) is 0.192. The quantitative estimate of drug-likeness (QED) is 0.531. The SMILES string of the molecule is O=C(CCN1C(=O)CSc2ccccc21)Nc1ccccc1C(=O)NCCc1ccccc1. The number of fused-ring (bicyclic) bond motifs is 1. The molecule has 0 aliphatic carbocycles. The molecule has 2 N–H and O–H groups in total. The van der Waals surface area contributed by atoms with Crippen molar-refractivity contribution in [3.63, 3.8) is 0 Å². The largest absolute Gasteiger partial charge is 0.352 e. The van der Waals surface area contributed by atoms with Crippen LogP contribution in [-0.4, -0.2) is 36.6 Å². The number of anilines is 2. The van der Waals surface area contributed by atoms with Crippen molar-refractivity contribution in [1.82, 2.24) is 5.32 Å². The monoisotopic (exact) mass is 459 g/mol. The highest BCUT2D eigenvalue weighted by Gasteiger charge is 2.24. The number of para-hydroxylation sites is 2. The van der Waals surface area contributed by atoms with E-state index in [0.717, 1.165) is 22.6 Å². The Bertz CT molecular complexity index is 1150. The molecule has 3 aromatic carbocycles. The van der Waals surface area contributed by atoms with Gasteiger partial charge < -0.3 is 15.5 Å². The van der Waals surface area contributed by atoms with Crippen LogP contribution in [0.4, 0.5) is 11.4 Å². The van der Waals surface area contributed by atoms with E-state index in [1.165, 1.54) is 11.8 Å². The van der Waals surface area contributed by atoms with Gasteiger partial charge in [-0.2, -0.15) is 0 Å². The highest BCUT2D eigenvalue weighted by atomic mass is 32.2. The van der Waals surface area contributed by atoms with Crippen molar-refractivity contribution in [1.29, 1.82) is 0 Å². The molecule has 7 heteroatoms. The summed E-state index contributed by atoms with van der Waals surface area (Å²) in [5.74, 6) is -0.128. The van der Waals surface area contributed by atoms with Crippen LogP contribution in [0.15, 0.2) is 83.8 Å². The molecule has 0 bridgehead atoms. The predicted molar refractivity (Wildman–Crippen MR) is 132 cm³/mol. The van der Waals surface area contributed by atoms with Crippen LogP contribution in [0.1, 0.15) is 22.3 Å². The van der Waals surface area contributed by atoms with Crippen molar-refractivity contribution in [3.8, 4) is 0 Å². The van der Waals surface area contributed by atoms with Crippen LogP contribution in [-0.2, 0) is 16.0 Å². The van der Waals surface area contributed by atoms with Gasteiger partial charge in [0, 0.05) is 24.4 Å². The maximum atomic E-state index is 12.7. The van der Waals surface area contributed by atoms with Crippen LogP contribution in [0.3, 0.4) is 0 Å². The second-order valence-electron chi connectivity index (χ2n) is 7.64. The number of amides is 3. The molecule has 33 heavy (non-hydrogen) atoms. The summed E-state index contributed by atoms with van der Waals surface area (Å²) in [6.45, 7) is 0.785. The lowest BCUT2D eigenvalue weighted by Gasteiger charge is -2.28. The van der Waals surface area contributed by atoms with Crippen molar-refractivity contribution in [3.05, 3.63) is 90.0 Å². The minimum atomic E-state index is -0.247. The molecule has 0 fully saturated rings. The van der Waals surface area contributed by atoms with Gasteiger partial charge in [0.25, 0.3) is 5.91 Å². The maximum Gasteiger partial charge on any atom is 0.253 e. The Kier molecular flexibility index (Phi) is 7.42. The van der Waals surface area contributed by atoms with E-state index < -0.39 is 0 Å². The Morgan fingerprint density at radius 1 is 0.909 bits per heavy atom. The number of rotatable bonds is 8. The molecule has 3 aromatic rings. The summed E-state index contributed by atoms with van der Waals surface area (Å²) in [4.78, 5) is 40.5. The predicted octanol–water partition coefficient (Wildman–Crippen LogP) is 4.13. The third-order valence-corrected chi connectivity index (χ3v) is 6.41. The molecule has 3 amide bonds. The number of nitrogens with zero attached hydrogens (tertiary/aromatic N) is 1. The smallest absolute Gasteiger partial charge is 0.253 e. The minimum Gasteiger partial charge on any atom is -0.352 e. The van der Waals surface area contributed by atoms with Crippen molar-refractivity contribution in [2.24, 2.45) is 0 Å². The van der Waals surface area contributed by atoms with Gasteiger partial charge in [0.05, 0.1) is 22.7 Å². The van der Waals surface area contributed by atoms with Crippen molar-refractivity contribution < 1.29 is 14.4 Å². The summed E-state index contributed by atoms with van der Waals surface area (Å²) in [6.07, 6.45) is 0.861. The average molecular weight is 460 g/mol. The lowest BCUT2D eigenvalue weighted by molar-refractivity contribution is -0.117. The second kappa shape index (κ2) is 10.8. The number of benzene rings is 3. The Morgan fingerprint density at radius 3 is 2.48 bits per heavy atom. The molecule has 0 spiro atoms. The molecule has 168 valence electrons. The van der Waals surface area contributed by atoms with Crippen molar-refractivity contribution >= 4 is 40.9 Å². The van der Waals surface area contributed by atoms with E-state index in [1.807, 2.05) is 54.6 Å². The van der Waals surface area contributed by atoms with E-state index in [9.17, 15) is 14.4 Å². The van der Waals surface area contributed by atoms with Crippen LogP contribution in [0.5, 0.6) is 0 Å². The molecule has 6 nitrogen and oxygen atoms in total. The van der Waals surface area contributed by atoms with Crippen molar-refractivity contribution in [2.75, 3.05) is 29.1 Å². The first-order valence-corrected chi connectivity index (χ1v) is 11.8. The summed E-state index contributed by atoms with van der Waals surface area (Å²) in [5, 5.41) is 5.75. The summed E-state index contributed by atoms with van der Waals surface area (Å²) in [6, 6.07) is 24.6. The molecule has 1 aliphatic rings. The van der Waals surface area contributed by atoms with E-state index in [2.05, 4.69) is 10.6 Å². The fourth-order valence-corrected chi connectivity index (χ4v) is 4.61. The van der Waals surface area contributed by atoms with Gasteiger partial charge in [-0.1, -0.05) is 54.6 Å². The molecular weight excluding hydrogens is 434 g/mol. The van der Waals surface area contributed by atoms with E-state index in [1.54, 1.807) is 29.2 Å². The Hall–Kier alpha value is -3.58. The van der Waals surface area contributed by atoms with Crippen LogP contribution < -0.4 is 15.5 Å². The lowest BCUT2D eigenvalue weighted by Crippen LogP contribution is -2.37. The zero-order chi connectivity index (χ0) is 23.0. The topological polar surface area (TPSA) is 78.5 Å². The third-order valence-electron chi connectivity index (χ3n) is 5.36. The van der Waals surface area contributed by atoms with Crippen LogP contribution in [0.2, 0.25) is 0 Å². The first-order chi connectivity index (χ1) is 16.1. The molecule has 1 heterocycles. The van der Waals surface area contributed by atoms with Gasteiger partial charge in [-0.15, -0.1) is 11.8 Å².